The lowest BCUT2D eigenvalue weighted by Crippen LogP contribution is -2.29. The van der Waals surface area contributed by atoms with Gasteiger partial charge in [0.25, 0.3) is 0 Å². The van der Waals surface area contributed by atoms with E-state index < -0.39 is 0 Å². The second-order valence-electron chi connectivity index (χ2n) is 5.30. The summed E-state index contributed by atoms with van der Waals surface area (Å²) in [5.74, 6) is -0.163. The normalized spacial score (nSPS) is 12.1. The molecule has 1 unspecified atom stereocenters. The molecule has 1 aromatic carbocycles. The number of nitrogens with one attached hydrogen (secondary N) is 2. The van der Waals surface area contributed by atoms with Crippen LogP contribution in [0.2, 0.25) is 0 Å². The molecule has 0 aromatic heterocycles. The molecule has 0 fully saturated rings. The quantitative estimate of drug-likeness (QED) is 0.739. The molecule has 0 saturated heterocycles. The van der Waals surface area contributed by atoms with Gasteiger partial charge in [0, 0.05) is 30.6 Å². The van der Waals surface area contributed by atoms with Gasteiger partial charge in [0.05, 0.1) is 0 Å². The number of anilines is 1. The summed E-state index contributed by atoms with van der Waals surface area (Å²) in [7, 11) is 0. The van der Waals surface area contributed by atoms with Gasteiger partial charge >= 0.3 is 0 Å². The van der Waals surface area contributed by atoms with Crippen molar-refractivity contribution in [2.45, 2.75) is 39.8 Å². The van der Waals surface area contributed by atoms with Crippen LogP contribution in [0.1, 0.15) is 32.8 Å². The molecule has 0 aliphatic rings. The van der Waals surface area contributed by atoms with Crippen molar-refractivity contribution in [2.75, 3.05) is 5.32 Å². The van der Waals surface area contributed by atoms with Crippen LogP contribution in [0.5, 0.6) is 0 Å². The van der Waals surface area contributed by atoms with Gasteiger partial charge in [-0.3, -0.25) is 9.59 Å². The number of nitrogens with two attached hydrogens (primary N) is 1. The molecule has 1 aromatic rings. The molecule has 20 heavy (non-hydrogen) atoms. The molecule has 110 valence electrons. The first kappa shape index (κ1) is 16.2. The molecule has 1 rings (SSSR count). The summed E-state index contributed by atoms with van der Waals surface area (Å²) in [5.41, 5.74) is 7.23. The predicted octanol–water partition coefficient (Wildman–Crippen LogP) is 1.63. The first-order valence-electron chi connectivity index (χ1n) is 6.80. The Hall–Kier alpha value is -1.88. The molecule has 0 heterocycles. The van der Waals surface area contributed by atoms with E-state index in [0.29, 0.717) is 13.0 Å². The van der Waals surface area contributed by atoms with E-state index in [1.807, 2.05) is 38.1 Å². The first-order valence-corrected chi connectivity index (χ1v) is 6.80. The Morgan fingerprint density at radius 2 is 1.95 bits per heavy atom. The molecule has 1 atom stereocenters. The highest BCUT2D eigenvalue weighted by Gasteiger charge is 2.08. The Balaban J connectivity index is 2.55. The molecular formula is C15H23N3O2. The molecule has 0 spiro atoms. The van der Waals surface area contributed by atoms with Gasteiger partial charge in [-0.05, 0) is 24.6 Å². The highest BCUT2D eigenvalue weighted by molar-refractivity contribution is 5.92. The van der Waals surface area contributed by atoms with Crippen molar-refractivity contribution in [1.82, 2.24) is 5.32 Å². The van der Waals surface area contributed by atoms with Gasteiger partial charge < -0.3 is 16.4 Å². The van der Waals surface area contributed by atoms with Crippen LogP contribution < -0.4 is 16.4 Å². The van der Waals surface area contributed by atoms with E-state index in [4.69, 9.17) is 5.73 Å². The Morgan fingerprint density at radius 1 is 1.25 bits per heavy atom. The fourth-order valence-corrected chi connectivity index (χ4v) is 1.61. The highest BCUT2D eigenvalue weighted by atomic mass is 16.2. The lowest BCUT2D eigenvalue weighted by molar-refractivity contribution is -0.121. The molecule has 5 heteroatoms. The number of hydrogen-bond acceptors (Lipinski definition) is 3. The monoisotopic (exact) mass is 277 g/mol. The lowest BCUT2D eigenvalue weighted by atomic mass is 10.1. The number of benzene rings is 1. The zero-order chi connectivity index (χ0) is 15.1. The van der Waals surface area contributed by atoms with E-state index >= 15 is 0 Å². The van der Waals surface area contributed by atoms with Crippen LogP contribution in [-0.2, 0) is 16.1 Å². The van der Waals surface area contributed by atoms with Crippen LogP contribution in [0.3, 0.4) is 0 Å². The van der Waals surface area contributed by atoms with Gasteiger partial charge in [0.1, 0.15) is 0 Å². The minimum Gasteiger partial charge on any atom is -0.352 e. The third-order valence-corrected chi connectivity index (χ3v) is 2.72. The van der Waals surface area contributed by atoms with Crippen LogP contribution in [0.25, 0.3) is 0 Å². The summed E-state index contributed by atoms with van der Waals surface area (Å²) in [5, 5.41) is 5.63. The Bertz CT molecular complexity index is 470. The minimum absolute atomic E-state index is 0.0249. The van der Waals surface area contributed by atoms with Crippen molar-refractivity contribution in [2.24, 2.45) is 11.7 Å². The molecular weight excluding hydrogens is 254 g/mol. The number of carbonyl (C=O) groups excluding carboxylic acids is 2. The predicted molar refractivity (Wildman–Crippen MR) is 80.0 cm³/mol. The van der Waals surface area contributed by atoms with Crippen LogP contribution in [0.15, 0.2) is 24.3 Å². The van der Waals surface area contributed by atoms with Gasteiger partial charge in [-0.15, -0.1) is 0 Å². The standard InChI is InChI=1S/C15H23N3O2/c1-10(2)15(20)18-13-6-4-5-12(8-13)9-17-14(19)7-11(3)16/h4-6,8,10-11H,7,9,16H2,1-3H3,(H,17,19)(H,18,20). The molecule has 5 nitrogen and oxygen atoms in total. The van der Waals surface area contributed by atoms with E-state index in [-0.39, 0.29) is 23.8 Å². The number of amides is 2. The van der Waals surface area contributed by atoms with E-state index in [2.05, 4.69) is 10.6 Å². The van der Waals surface area contributed by atoms with E-state index in [0.717, 1.165) is 11.3 Å². The van der Waals surface area contributed by atoms with E-state index in [9.17, 15) is 9.59 Å². The van der Waals surface area contributed by atoms with Gasteiger partial charge in [-0.1, -0.05) is 26.0 Å². The van der Waals surface area contributed by atoms with Crippen LogP contribution in [0.4, 0.5) is 5.69 Å². The van der Waals surface area contributed by atoms with E-state index in [1.54, 1.807) is 6.92 Å². The van der Waals surface area contributed by atoms with Crippen molar-refractivity contribution in [3.05, 3.63) is 29.8 Å². The number of hydrogen-bond donors (Lipinski definition) is 3. The zero-order valence-corrected chi connectivity index (χ0v) is 12.3. The molecule has 0 saturated carbocycles. The molecule has 2 amide bonds. The minimum atomic E-state index is -0.147. The topological polar surface area (TPSA) is 84.2 Å². The largest absolute Gasteiger partial charge is 0.352 e. The first-order chi connectivity index (χ1) is 9.38. The van der Waals surface area contributed by atoms with Crippen molar-refractivity contribution < 1.29 is 9.59 Å². The van der Waals surface area contributed by atoms with Crippen molar-refractivity contribution in [3.8, 4) is 0 Å². The Kier molecular flexibility index (Phi) is 6.18. The third-order valence-electron chi connectivity index (χ3n) is 2.72. The summed E-state index contributed by atoms with van der Waals surface area (Å²) in [6.07, 6.45) is 0.309. The molecule has 0 aliphatic carbocycles. The molecule has 0 aliphatic heterocycles. The second-order valence-corrected chi connectivity index (χ2v) is 5.30. The summed E-state index contributed by atoms with van der Waals surface area (Å²) >= 11 is 0. The second kappa shape index (κ2) is 7.65. The van der Waals surface area contributed by atoms with E-state index in [1.165, 1.54) is 0 Å². The SMILES string of the molecule is CC(N)CC(=O)NCc1cccc(NC(=O)C(C)C)c1. The lowest BCUT2D eigenvalue weighted by Gasteiger charge is -2.10. The maximum absolute atomic E-state index is 11.6. The summed E-state index contributed by atoms with van der Waals surface area (Å²) in [6.45, 7) is 5.90. The third kappa shape index (κ3) is 5.84. The Morgan fingerprint density at radius 3 is 2.55 bits per heavy atom. The fraction of sp³-hybridized carbons (Fsp3) is 0.467. The molecule has 0 bridgehead atoms. The maximum atomic E-state index is 11.6. The average Bonchev–Trinajstić information content (AvgIpc) is 2.36. The summed E-state index contributed by atoms with van der Waals surface area (Å²) in [6, 6.07) is 7.28. The van der Waals surface area contributed by atoms with Crippen LogP contribution in [-0.4, -0.2) is 17.9 Å². The van der Waals surface area contributed by atoms with Gasteiger partial charge in [-0.25, -0.2) is 0 Å². The van der Waals surface area contributed by atoms with Crippen molar-refractivity contribution >= 4 is 17.5 Å². The summed E-state index contributed by atoms with van der Waals surface area (Å²) < 4.78 is 0. The number of carbonyl (C=O) groups is 2. The van der Waals surface area contributed by atoms with Crippen molar-refractivity contribution in [3.63, 3.8) is 0 Å². The average molecular weight is 277 g/mol. The number of rotatable bonds is 6. The molecule has 0 radical (unpaired) electrons. The van der Waals surface area contributed by atoms with Crippen molar-refractivity contribution in [1.29, 1.82) is 0 Å². The van der Waals surface area contributed by atoms with Gasteiger partial charge in [-0.2, -0.15) is 0 Å². The fourth-order valence-electron chi connectivity index (χ4n) is 1.61. The van der Waals surface area contributed by atoms with Gasteiger partial charge in [0.15, 0.2) is 0 Å². The zero-order valence-electron chi connectivity index (χ0n) is 12.3. The summed E-state index contributed by atoms with van der Waals surface area (Å²) in [4.78, 5) is 23.1. The van der Waals surface area contributed by atoms with Gasteiger partial charge in [0.2, 0.25) is 11.8 Å². The van der Waals surface area contributed by atoms with Crippen LogP contribution >= 0.6 is 0 Å². The maximum Gasteiger partial charge on any atom is 0.226 e. The molecule has 4 N–H and O–H groups in total. The Labute approximate surface area is 119 Å². The van der Waals surface area contributed by atoms with Crippen LogP contribution in [0, 0.1) is 5.92 Å². The highest BCUT2D eigenvalue weighted by Crippen LogP contribution is 2.12. The smallest absolute Gasteiger partial charge is 0.226 e.